The Bertz CT molecular complexity index is 2000. The van der Waals surface area contributed by atoms with Crippen LogP contribution in [0.1, 0.15) is 452 Å². The Morgan fingerprint density at radius 2 is 0.490 bits per heavy atom. The molecule has 0 aliphatic rings. The Kier molecular flexibility index (Phi) is 75.0. The summed E-state index contributed by atoms with van der Waals surface area (Å²) in [5.41, 5.74) is 0. The first-order valence-corrected chi connectivity index (χ1v) is 47.0. The van der Waals surface area contributed by atoms with Crippen molar-refractivity contribution in [2.24, 2.45) is 11.8 Å². The Hall–Kier alpha value is -1.94. The third-order valence-electron chi connectivity index (χ3n) is 20.3. The van der Waals surface area contributed by atoms with Crippen LogP contribution < -0.4 is 0 Å². The molecule has 0 radical (unpaired) electrons. The third kappa shape index (κ3) is 76.8. The molecule has 6 atom stereocenters. The Labute approximate surface area is 638 Å². The second-order valence-electron chi connectivity index (χ2n) is 31.3. The molecule has 0 amide bonds. The van der Waals surface area contributed by atoms with Crippen LogP contribution in [0.4, 0.5) is 0 Å². The van der Waals surface area contributed by atoms with Gasteiger partial charge in [0.15, 0.2) is 12.2 Å². The number of carbonyl (C=O) groups is 4. The van der Waals surface area contributed by atoms with Gasteiger partial charge in [0.25, 0.3) is 0 Å². The van der Waals surface area contributed by atoms with Gasteiger partial charge in [0.2, 0.25) is 0 Å². The zero-order valence-corrected chi connectivity index (χ0v) is 70.1. The van der Waals surface area contributed by atoms with E-state index in [0.29, 0.717) is 25.7 Å². The normalized spacial score (nSPS) is 14.1. The predicted molar refractivity (Wildman–Crippen MR) is 428 cm³/mol. The van der Waals surface area contributed by atoms with Gasteiger partial charge in [0.1, 0.15) is 19.3 Å². The minimum Gasteiger partial charge on any atom is -0.462 e. The van der Waals surface area contributed by atoms with Crippen LogP contribution >= 0.6 is 15.6 Å². The van der Waals surface area contributed by atoms with Crippen molar-refractivity contribution in [3.63, 3.8) is 0 Å². The topological polar surface area (TPSA) is 237 Å². The Morgan fingerprint density at radius 1 is 0.279 bits per heavy atom. The van der Waals surface area contributed by atoms with Crippen molar-refractivity contribution in [2.45, 2.75) is 471 Å². The molecule has 0 aromatic heterocycles. The molecule has 0 rings (SSSR count). The summed E-state index contributed by atoms with van der Waals surface area (Å²) in [4.78, 5) is 73.2. The maximum absolute atomic E-state index is 13.1. The summed E-state index contributed by atoms with van der Waals surface area (Å²) >= 11 is 0. The van der Waals surface area contributed by atoms with Gasteiger partial charge >= 0.3 is 39.5 Å². The summed E-state index contributed by atoms with van der Waals surface area (Å²) in [5.74, 6) is -0.449. The van der Waals surface area contributed by atoms with E-state index in [4.69, 9.17) is 37.0 Å². The first-order valence-electron chi connectivity index (χ1n) is 44.0. The summed E-state index contributed by atoms with van der Waals surface area (Å²) < 4.78 is 68.9. The fourth-order valence-electron chi connectivity index (χ4n) is 13.2. The number of carbonyl (C=O) groups excluding carboxylic acids is 4. The summed E-state index contributed by atoms with van der Waals surface area (Å²) in [7, 11) is -9.93. The smallest absolute Gasteiger partial charge is 0.462 e. The number of ether oxygens (including phenoxy) is 4. The largest absolute Gasteiger partial charge is 0.472 e. The lowest BCUT2D eigenvalue weighted by molar-refractivity contribution is -0.161. The monoisotopic (exact) mass is 1520 g/mol. The van der Waals surface area contributed by atoms with Gasteiger partial charge < -0.3 is 33.8 Å². The maximum atomic E-state index is 13.1. The van der Waals surface area contributed by atoms with Crippen molar-refractivity contribution < 1.29 is 80.2 Å². The van der Waals surface area contributed by atoms with Crippen LogP contribution in [-0.2, 0) is 65.4 Å². The summed E-state index contributed by atoms with van der Waals surface area (Å²) in [6.07, 6.45) is 67.9. The fraction of sp³-hybridized carbons (Fsp3) is 0.953. The number of esters is 4. The van der Waals surface area contributed by atoms with E-state index in [1.807, 2.05) is 0 Å². The number of aliphatic hydroxyl groups excluding tert-OH is 1. The average molecular weight is 1520 g/mol. The van der Waals surface area contributed by atoms with Gasteiger partial charge in [0, 0.05) is 25.7 Å². The Balaban J connectivity index is 5.23. The molecule has 0 saturated carbocycles. The number of hydrogen-bond donors (Lipinski definition) is 3. The summed E-state index contributed by atoms with van der Waals surface area (Å²) in [6.45, 7) is 9.74. The zero-order valence-electron chi connectivity index (χ0n) is 68.3. The number of hydrogen-bond acceptors (Lipinski definition) is 15. The van der Waals surface area contributed by atoms with E-state index in [9.17, 15) is 43.2 Å². The fourth-order valence-corrected chi connectivity index (χ4v) is 14.8. The van der Waals surface area contributed by atoms with Gasteiger partial charge in [-0.05, 0) is 37.5 Å². The molecular formula is C85H166O17P2. The van der Waals surface area contributed by atoms with Crippen molar-refractivity contribution >= 4 is 39.5 Å². The molecule has 0 aliphatic heterocycles. The number of aliphatic hydroxyl groups is 1. The molecule has 19 heteroatoms. The second-order valence-corrected chi connectivity index (χ2v) is 34.2. The lowest BCUT2D eigenvalue weighted by atomic mass is 9.99. The molecular weight excluding hydrogens is 1350 g/mol. The summed E-state index contributed by atoms with van der Waals surface area (Å²) in [6, 6.07) is 0. The molecule has 0 aromatic rings. The van der Waals surface area contributed by atoms with Crippen LogP contribution in [0.15, 0.2) is 0 Å². The maximum Gasteiger partial charge on any atom is 0.472 e. The molecule has 618 valence electrons. The molecule has 0 saturated heterocycles. The van der Waals surface area contributed by atoms with Crippen molar-refractivity contribution in [2.75, 3.05) is 39.6 Å². The highest BCUT2D eigenvalue weighted by Gasteiger charge is 2.30. The molecule has 0 spiro atoms. The van der Waals surface area contributed by atoms with Gasteiger partial charge in [-0.25, -0.2) is 9.13 Å². The molecule has 0 aliphatic carbocycles. The number of phosphoric acid groups is 2. The molecule has 0 fully saturated rings. The van der Waals surface area contributed by atoms with E-state index >= 15 is 0 Å². The van der Waals surface area contributed by atoms with Crippen LogP contribution in [0.25, 0.3) is 0 Å². The van der Waals surface area contributed by atoms with E-state index in [0.717, 1.165) is 102 Å². The second kappa shape index (κ2) is 76.4. The molecule has 3 N–H and O–H groups in total. The van der Waals surface area contributed by atoms with Crippen LogP contribution in [0, 0.1) is 11.8 Å². The third-order valence-corrected chi connectivity index (χ3v) is 22.2. The summed E-state index contributed by atoms with van der Waals surface area (Å²) in [5, 5.41) is 10.7. The van der Waals surface area contributed by atoms with Gasteiger partial charge in [-0.2, -0.15) is 0 Å². The minimum absolute atomic E-state index is 0.108. The van der Waals surface area contributed by atoms with Crippen molar-refractivity contribution in [1.29, 1.82) is 0 Å². The van der Waals surface area contributed by atoms with Gasteiger partial charge in [-0.15, -0.1) is 0 Å². The quantitative estimate of drug-likeness (QED) is 0.0222. The first-order chi connectivity index (χ1) is 50.4. The van der Waals surface area contributed by atoms with Crippen LogP contribution in [0.5, 0.6) is 0 Å². The number of unbranched alkanes of at least 4 members (excludes halogenated alkanes) is 53. The number of rotatable bonds is 84. The van der Waals surface area contributed by atoms with Gasteiger partial charge in [-0.3, -0.25) is 37.3 Å². The zero-order chi connectivity index (χ0) is 76.4. The SMILES string of the molecule is CCCCCCCCCCCCCCCCCCCCC(=O)O[C@H](COC(=O)CCCCCCCCCCCC)COP(=O)(O)OC[C@H](O)COP(=O)(O)OC[C@@H](COC(=O)CCCCCCCCCCCCCCCCC(C)CC)OC(=O)CCCCCCCCCCCCCCCCCC(C)C. The van der Waals surface area contributed by atoms with Crippen molar-refractivity contribution in [3.05, 3.63) is 0 Å². The lowest BCUT2D eigenvalue weighted by Gasteiger charge is -2.21. The number of phosphoric ester groups is 2. The molecule has 0 bridgehead atoms. The first kappa shape index (κ1) is 102. The van der Waals surface area contributed by atoms with Gasteiger partial charge in [-0.1, -0.05) is 401 Å². The van der Waals surface area contributed by atoms with Crippen LogP contribution in [0.3, 0.4) is 0 Å². The van der Waals surface area contributed by atoms with E-state index in [-0.39, 0.29) is 25.7 Å². The van der Waals surface area contributed by atoms with Crippen molar-refractivity contribution in [1.82, 2.24) is 0 Å². The highest BCUT2D eigenvalue weighted by atomic mass is 31.2. The predicted octanol–water partition coefficient (Wildman–Crippen LogP) is 25.8. The minimum atomic E-state index is -4.96. The lowest BCUT2D eigenvalue weighted by Crippen LogP contribution is -2.30. The van der Waals surface area contributed by atoms with E-state index in [1.54, 1.807) is 0 Å². The highest BCUT2D eigenvalue weighted by Crippen LogP contribution is 2.45. The van der Waals surface area contributed by atoms with E-state index in [1.165, 1.54) is 270 Å². The average Bonchev–Trinajstić information content (AvgIpc) is 0.927. The van der Waals surface area contributed by atoms with Crippen LogP contribution in [-0.4, -0.2) is 96.7 Å². The molecule has 0 heterocycles. The molecule has 17 nitrogen and oxygen atoms in total. The van der Waals surface area contributed by atoms with Gasteiger partial charge in [0.05, 0.1) is 26.4 Å². The molecule has 104 heavy (non-hydrogen) atoms. The Morgan fingerprint density at radius 3 is 0.731 bits per heavy atom. The molecule has 3 unspecified atom stereocenters. The highest BCUT2D eigenvalue weighted by molar-refractivity contribution is 7.47. The van der Waals surface area contributed by atoms with E-state index < -0.39 is 97.5 Å². The van der Waals surface area contributed by atoms with Crippen molar-refractivity contribution in [3.8, 4) is 0 Å². The standard InChI is InChI=1S/C85H166O17P2/c1-7-10-12-14-16-18-20-21-22-23-24-27-34-39-45-51-57-63-69-84(89)101-80(73-95-82(87)67-61-55-49-43-19-17-15-13-11-8-2)75-99-103(91,92)97-71-79(86)72-98-104(93,94)100-76-81(102-85(90)70-64-58-52-46-40-35-28-25-26-31-36-41-47-53-59-65-77(4)5)74-96-83(88)68-62-56-50-44-38-33-30-29-32-37-42-48-54-60-66-78(6)9-3/h77-81,86H,7-76H2,1-6H3,(H,91,92)(H,93,94)/t78?,79-,80+,81+/m0/s1. The van der Waals surface area contributed by atoms with Crippen LogP contribution in [0.2, 0.25) is 0 Å². The van der Waals surface area contributed by atoms with E-state index in [2.05, 4.69) is 41.5 Å². The molecule has 0 aromatic carbocycles.